The molecule has 0 saturated heterocycles. The number of anilines is 6. The minimum atomic E-state index is -0.524. The fourth-order valence-electron chi connectivity index (χ4n) is 13.6. The third-order valence-corrected chi connectivity index (χ3v) is 18.9. The van der Waals surface area contributed by atoms with E-state index in [0.717, 1.165) is 61.7 Å². The van der Waals surface area contributed by atoms with Gasteiger partial charge in [-0.15, -0.1) is 48.1 Å². The molecule has 0 bridgehead atoms. The molecule has 3 heterocycles. The summed E-state index contributed by atoms with van der Waals surface area (Å²) in [4.78, 5) is 12.0. The van der Waals surface area contributed by atoms with Crippen molar-refractivity contribution in [3.8, 4) is 5.82 Å². The molecule has 0 fully saturated rings. The Morgan fingerprint density at radius 2 is 0.820 bits per heavy atom. The Labute approximate surface area is 539 Å². The number of hydrogen-bond acceptors (Lipinski definition) is 4. The maximum absolute atomic E-state index is 5.10. The van der Waals surface area contributed by atoms with Crippen molar-refractivity contribution in [1.82, 2.24) is 9.55 Å². The SMILES string of the molecule is CN(c1[c-]c(N2[CH-]N(c3cc(C(C)(c4ccccc4)c4ccccc4)cc(C(C)(c4ccccc4)c4ccccc4)c3)c3ccccc32)ccc1)c1[c-]c2c(cc1)c1cc(C(C)(c3ccccc3)c3ccccc3)ccc1n2-c1cc(C(C)(C)C)ccn1.[Pt]. The van der Waals surface area contributed by atoms with E-state index in [1.807, 2.05) is 6.20 Å². The molecule has 0 unspecified atom stereocenters. The van der Waals surface area contributed by atoms with Crippen molar-refractivity contribution in [2.45, 2.75) is 63.2 Å². The second kappa shape index (κ2) is 23.5. The summed E-state index contributed by atoms with van der Waals surface area (Å²) in [6, 6.07) is 112. The van der Waals surface area contributed by atoms with Gasteiger partial charge in [0.1, 0.15) is 5.82 Å². The van der Waals surface area contributed by atoms with E-state index in [1.165, 1.54) is 55.6 Å². The third kappa shape index (κ3) is 10.3. The molecule has 14 rings (SSSR count). The van der Waals surface area contributed by atoms with E-state index in [0.29, 0.717) is 0 Å². The summed E-state index contributed by atoms with van der Waals surface area (Å²) in [5.41, 5.74) is 18.6. The molecule has 1 aliphatic rings. The normalized spacial score (nSPS) is 12.7. The standard InChI is InChI=1S/C83H70N5.Pt/c1-80(2,3)65-49-50-84-79(55-65)88-75-48-45-66(81(4,59-29-14-8-15-30-59)60-31-16-9-17-32-60)54-74(75)73-47-46-70(57-78(73)88)85(7)69-41-28-42-71(56-69)86-58-87(77-44-27-26-43-76(77)86)72-52-67(82(5,61-33-18-10-19-34-61)62-35-20-11-21-36-62)51-68(53-72)83(6,63-37-22-12-23-38-63)64-39-24-13-25-40-64;/h8-55,58H,1-7H3;/q-3;. The number of hydrogen-bond donors (Lipinski definition) is 0. The van der Waals surface area contributed by atoms with Crippen LogP contribution in [0.2, 0.25) is 0 Å². The monoisotopic (exact) mass is 1330 g/mol. The van der Waals surface area contributed by atoms with Crippen molar-refractivity contribution in [2.75, 3.05) is 21.7 Å². The number of para-hydroxylation sites is 2. The van der Waals surface area contributed by atoms with Gasteiger partial charge in [0.2, 0.25) is 0 Å². The van der Waals surface area contributed by atoms with E-state index < -0.39 is 16.2 Å². The van der Waals surface area contributed by atoms with Gasteiger partial charge in [0.15, 0.2) is 0 Å². The first-order valence-corrected chi connectivity index (χ1v) is 30.6. The van der Waals surface area contributed by atoms with Crippen LogP contribution in [0, 0.1) is 18.8 Å². The van der Waals surface area contributed by atoms with Crippen LogP contribution < -0.4 is 14.7 Å². The van der Waals surface area contributed by atoms with Crippen LogP contribution in [0.15, 0.2) is 291 Å². The first-order valence-electron chi connectivity index (χ1n) is 30.6. The second-order valence-electron chi connectivity index (χ2n) is 25.0. The van der Waals surface area contributed by atoms with Gasteiger partial charge >= 0.3 is 0 Å². The van der Waals surface area contributed by atoms with Gasteiger partial charge < -0.3 is 19.3 Å². The topological polar surface area (TPSA) is 27.5 Å². The van der Waals surface area contributed by atoms with E-state index >= 15 is 0 Å². The van der Waals surface area contributed by atoms with E-state index in [9.17, 15) is 0 Å². The minimum absolute atomic E-state index is 0. The summed E-state index contributed by atoms with van der Waals surface area (Å²) < 4.78 is 2.30. The van der Waals surface area contributed by atoms with Crippen LogP contribution in [0.1, 0.15) is 97.2 Å². The largest absolute Gasteiger partial charge is 0.493 e. The van der Waals surface area contributed by atoms with Crippen molar-refractivity contribution in [1.29, 1.82) is 0 Å². The van der Waals surface area contributed by atoms with Crippen LogP contribution in [-0.4, -0.2) is 16.6 Å². The average molecular weight is 1330 g/mol. The molecule has 13 aromatic rings. The van der Waals surface area contributed by atoms with Gasteiger partial charge in [0.05, 0.1) is 0 Å². The number of pyridine rings is 1. The van der Waals surface area contributed by atoms with Gasteiger partial charge in [-0.05, 0) is 130 Å². The zero-order valence-corrected chi connectivity index (χ0v) is 53.6. The Kier molecular flexibility index (Phi) is 15.5. The first kappa shape index (κ1) is 58.5. The van der Waals surface area contributed by atoms with Gasteiger partial charge in [-0.25, -0.2) is 4.98 Å². The van der Waals surface area contributed by atoms with Crippen LogP contribution in [0.3, 0.4) is 0 Å². The third-order valence-electron chi connectivity index (χ3n) is 18.9. The predicted molar refractivity (Wildman–Crippen MR) is 366 cm³/mol. The summed E-state index contributed by atoms with van der Waals surface area (Å²) in [5, 5.41) is 2.25. The minimum Gasteiger partial charge on any atom is -0.493 e. The maximum Gasteiger partial charge on any atom is 0.135 e. The molecule has 11 aromatic carbocycles. The number of benzene rings is 11. The molecule has 0 N–H and O–H groups in total. The summed E-state index contributed by atoms with van der Waals surface area (Å²) in [6.45, 7) is 16.1. The van der Waals surface area contributed by atoms with Crippen molar-refractivity contribution >= 4 is 55.9 Å². The first-order chi connectivity index (χ1) is 42.8. The van der Waals surface area contributed by atoms with E-state index in [4.69, 9.17) is 4.98 Å². The zero-order valence-electron chi connectivity index (χ0n) is 51.3. The molecule has 1 aliphatic heterocycles. The molecule has 0 spiro atoms. The Bertz CT molecular complexity index is 4410. The number of rotatable bonds is 14. The fraction of sp³-hybridized carbons (Fsp3) is 0.133. The van der Waals surface area contributed by atoms with Gasteiger partial charge in [-0.2, -0.15) is 12.1 Å². The summed E-state index contributed by atoms with van der Waals surface area (Å²) in [7, 11) is 2.12. The Hall–Kier alpha value is -9.54. The smallest absolute Gasteiger partial charge is 0.135 e. The number of aromatic nitrogens is 2. The van der Waals surface area contributed by atoms with Crippen LogP contribution in [-0.2, 0) is 42.7 Å². The fourth-order valence-corrected chi connectivity index (χ4v) is 13.6. The van der Waals surface area contributed by atoms with Gasteiger partial charge in [0.25, 0.3) is 0 Å². The van der Waals surface area contributed by atoms with E-state index in [2.05, 4.69) is 372 Å². The van der Waals surface area contributed by atoms with Crippen molar-refractivity contribution < 1.29 is 21.1 Å². The molecule has 0 atom stereocenters. The van der Waals surface area contributed by atoms with Crippen LogP contribution in [0.25, 0.3) is 27.6 Å². The maximum atomic E-state index is 5.10. The molecular weight excluding hydrogens is 1260 g/mol. The second-order valence-corrected chi connectivity index (χ2v) is 25.0. The summed E-state index contributed by atoms with van der Waals surface area (Å²) in [6.07, 6.45) is 1.95. The van der Waals surface area contributed by atoms with Gasteiger partial charge in [-0.1, -0.05) is 250 Å². The predicted octanol–water partition coefficient (Wildman–Crippen LogP) is 20.3. The van der Waals surface area contributed by atoms with Crippen LogP contribution in [0.4, 0.5) is 34.1 Å². The molecule has 0 amide bonds. The molecule has 0 saturated carbocycles. The molecule has 440 valence electrons. The van der Waals surface area contributed by atoms with E-state index in [1.54, 1.807) is 0 Å². The van der Waals surface area contributed by atoms with Crippen LogP contribution in [0.5, 0.6) is 0 Å². The molecule has 0 radical (unpaired) electrons. The molecule has 5 nitrogen and oxygen atoms in total. The zero-order chi connectivity index (χ0) is 60.2. The van der Waals surface area contributed by atoms with E-state index in [-0.39, 0.29) is 26.5 Å². The van der Waals surface area contributed by atoms with Crippen molar-refractivity contribution in [3.05, 3.63) is 366 Å². The Morgan fingerprint density at radius 3 is 1.30 bits per heavy atom. The molecule has 6 heteroatoms. The Morgan fingerprint density at radius 1 is 0.371 bits per heavy atom. The van der Waals surface area contributed by atoms with Crippen molar-refractivity contribution in [3.63, 3.8) is 0 Å². The molecule has 0 aliphatic carbocycles. The van der Waals surface area contributed by atoms with Gasteiger partial charge in [-0.3, -0.25) is 0 Å². The number of nitrogens with zero attached hydrogens (tertiary/aromatic N) is 5. The average Bonchev–Trinajstić information content (AvgIpc) is 1.77. The number of fused-ring (bicyclic) bond motifs is 4. The summed E-state index contributed by atoms with van der Waals surface area (Å²) >= 11 is 0. The van der Waals surface area contributed by atoms with Crippen LogP contribution >= 0.6 is 0 Å². The Balaban J connectivity index is 0.00000729. The quantitative estimate of drug-likeness (QED) is 0.0801. The molecule has 89 heavy (non-hydrogen) atoms. The summed E-state index contributed by atoms with van der Waals surface area (Å²) in [5.74, 6) is 0.860. The molecule has 2 aromatic heterocycles. The van der Waals surface area contributed by atoms with Gasteiger partial charge in [0, 0.05) is 73.1 Å². The molecular formula is C83H70N5Pt-3. The van der Waals surface area contributed by atoms with Crippen molar-refractivity contribution in [2.24, 2.45) is 0 Å².